The summed E-state index contributed by atoms with van der Waals surface area (Å²) in [5.41, 5.74) is -0.200. The summed E-state index contributed by atoms with van der Waals surface area (Å²) < 4.78 is 0. The molecule has 0 unspecified atom stereocenters. The monoisotopic (exact) mass is 109 g/mol. The second-order valence-electron chi connectivity index (χ2n) is 2.32. The zero-order valence-corrected chi connectivity index (χ0v) is 4.55. The first-order valence-corrected chi connectivity index (χ1v) is 2.66. The number of aldehydes is 1. The number of carbonyl (C=O) groups excluding carboxylic acids is 1. The first kappa shape index (κ1) is 5.30. The maximum atomic E-state index is 10.1. The van der Waals surface area contributed by atoms with Gasteiger partial charge in [0.15, 0.2) is 0 Å². The summed E-state index contributed by atoms with van der Waals surface area (Å²) in [6.45, 7) is 0. The second-order valence-corrected chi connectivity index (χ2v) is 2.32. The summed E-state index contributed by atoms with van der Waals surface area (Å²) in [5, 5.41) is 8.16. The second kappa shape index (κ2) is 1.59. The Labute approximate surface area is 48.1 Å². The molecular weight excluding hydrogens is 102 g/mol. The summed E-state index contributed by atoms with van der Waals surface area (Å²) in [4.78, 5) is 10.1. The summed E-state index contributed by atoms with van der Waals surface area (Å²) in [6, 6.07) is 1.99. The van der Waals surface area contributed by atoms with Gasteiger partial charge in [0.25, 0.3) is 0 Å². The molecule has 42 valence electrons. The number of rotatable bonds is 2. The van der Waals surface area contributed by atoms with Crippen LogP contribution >= 0.6 is 0 Å². The third-order valence-electron chi connectivity index (χ3n) is 1.57. The molecule has 0 aromatic carbocycles. The minimum atomic E-state index is -0.200. The average molecular weight is 109 g/mol. The predicted octanol–water partition coefficient (Wildman–Crippen LogP) is 0.879. The molecule has 0 spiro atoms. The average Bonchev–Trinajstić information content (AvgIpc) is 2.50. The van der Waals surface area contributed by atoms with Crippen LogP contribution in [-0.4, -0.2) is 6.29 Å². The van der Waals surface area contributed by atoms with Crippen LogP contribution in [0.15, 0.2) is 0 Å². The van der Waals surface area contributed by atoms with Crippen molar-refractivity contribution >= 4 is 6.29 Å². The van der Waals surface area contributed by atoms with Crippen molar-refractivity contribution < 1.29 is 4.79 Å². The van der Waals surface area contributed by atoms with Gasteiger partial charge in [-0.25, -0.2) is 0 Å². The summed E-state index contributed by atoms with van der Waals surface area (Å²) in [5.74, 6) is 0. The number of carbonyl (C=O) groups is 1. The van der Waals surface area contributed by atoms with Gasteiger partial charge in [-0.2, -0.15) is 5.26 Å². The quantitative estimate of drug-likeness (QED) is 0.494. The minimum absolute atomic E-state index is 0.200. The molecule has 0 bridgehead atoms. The van der Waals surface area contributed by atoms with E-state index in [1.54, 1.807) is 0 Å². The van der Waals surface area contributed by atoms with Gasteiger partial charge in [0.05, 0.1) is 6.07 Å². The first-order chi connectivity index (χ1) is 3.83. The number of nitriles is 1. The van der Waals surface area contributed by atoms with Crippen LogP contribution in [0.3, 0.4) is 0 Å². The van der Waals surface area contributed by atoms with E-state index in [0.717, 1.165) is 19.1 Å². The van der Waals surface area contributed by atoms with Crippen molar-refractivity contribution in [2.45, 2.75) is 19.3 Å². The highest BCUT2D eigenvalue weighted by atomic mass is 16.1. The largest absolute Gasteiger partial charge is 0.303 e. The normalized spacial score (nSPS) is 21.4. The number of nitrogens with zero attached hydrogens (tertiary/aromatic N) is 1. The molecule has 8 heavy (non-hydrogen) atoms. The minimum Gasteiger partial charge on any atom is -0.303 e. The number of hydrogen-bond acceptors (Lipinski definition) is 2. The lowest BCUT2D eigenvalue weighted by Crippen LogP contribution is -1.98. The maximum absolute atomic E-state index is 10.1. The van der Waals surface area contributed by atoms with Crippen molar-refractivity contribution in [2.75, 3.05) is 0 Å². The zero-order chi connectivity index (χ0) is 6.04. The van der Waals surface area contributed by atoms with Gasteiger partial charge in [-0.1, -0.05) is 0 Å². The summed E-state index contributed by atoms with van der Waals surface area (Å²) in [7, 11) is 0. The Kier molecular flexibility index (Phi) is 1.05. The van der Waals surface area contributed by atoms with E-state index in [4.69, 9.17) is 5.26 Å². The van der Waals surface area contributed by atoms with Gasteiger partial charge < -0.3 is 4.79 Å². The molecular formula is C6H7NO. The Morgan fingerprint density at radius 2 is 2.38 bits per heavy atom. The molecule has 0 N–H and O–H groups in total. The van der Waals surface area contributed by atoms with E-state index in [2.05, 4.69) is 0 Å². The molecule has 2 nitrogen and oxygen atoms in total. The highest BCUT2D eigenvalue weighted by molar-refractivity contribution is 5.63. The zero-order valence-electron chi connectivity index (χ0n) is 4.55. The van der Waals surface area contributed by atoms with E-state index in [1.165, 1.54) is 0 Å². The van der Waals surface area contributed by atoms with E-state index >= 15 is 0 Å². The van der Waals surface area contributed by atoms with Gasteiger partial charge in [-0.05, 0) is 12.8 Å². The van der Waals surface area contributed by atoms with Crippen molar-refractivity contribution in [3.05, 3.63) is 0 Å². The molecule has 0 saturated heterocycles. The fourth-order valence-corrected chi connectivity index (χ4v) is 0.654. The Hall–Kier alpha value is -0.840. The topological polar surface area (TPSA) is 40.9 Å². The molecule has 1 aliphatic carbocycles. The van der Waals surface area contributed by atoms with Crippen molar-refractivity contribution in [1.82, 2.24) is 0 Å². The smallest absolute Gasteiger partial charge is 0.127 e. The van der Waals surface area contributed by atoms with Crippen LogP contribution in [0.1, 0.15) is 19.3 Å². The van der Waals surface area contributed by atoms with Gasteiger partial charge in [0, 0.05) is 11.8 Å². The molecule has 2 heteroatoms. The third-order valence-corrected chi connectivity index (χ3v) is 1.57. The highest BCUT2D eigenvalue weighted by Gasteiger charge is 2.42. The van der Waals surface area contributed by atoms with Crippen molar-refractivity contribution in [2.24, 2.45) is 5.41 Å². The standard InChI is InChI=1S/C6H7NO/c7-4-3-6(5-8)1-2-6/h5H,1-3H2. The predicted molar refractivity (Wildman–Crippen MR) is 28.0 cm³/mol. The molecule has 0 amide bonds. The van der Waals surface area contributed by atoms with Crippen LogP contribution < -0.4 is 0 Å². The van der Waals surface area contributed by atoms with Gasteiger partial charge in [0.2, 0.25) is 0 Å². The van der Waals surface area contributed by atoms with Gasteiger partial charge in [-0.3, -0.25) is 0 Å². The fraction of sp³-hybridized carbons (Fsp3) is 0.667. The molecule has 1 rings (SSSR count). The molecule has 0 aliphatic heterocycles. The molecule has 0 aromatic heterocycles. The molecule has 1 fully saturated rings. The van der Waals surface area contributed by atoms with Crippen LogP contribution in [0.2, 0.25) is 0 Å². The van der Waals surface area contributed by atoms with Crippen LogP contribution in [0.4, 0.5) is 0 Å². The Morgan fingerprint density at radius 1 is 1.75 bits per heavy atom. The van der Waals surface area contributed by atoms with E-state index in [1.807, 2.05) is 6.07 Å². The molecule has 0 radical (unpaired) electrons. The van der Waals surface area contributed by atoms with Crippen LogP contribution in [0, 0.1) is 16.7 Å². The van der Waals surface area contributed by atoms with E-state index in [0.29, 0.717) is 6.42 Å². The lowest BCUT2D eigenvalue weighted by atomic mass is 10.1. The van der Waals surface area contributed by atoms with Crippen molar-refractivity contribution in [1.29, 1.82) is 5.26 Å². The molecule has 1 saturated carbocycles. The van der Waals surface area contributed by atoms with E-state index in [9.17, 15) is 4.79 Å². The van der Waals surface area contributed by atoms with Crippen molar-refractivity contribution in [3.63, 3.8) is 0 Å². The summed E-state index contributed by atoms with van der Waals surface area (Å²) in [6.07, 6.45) is 3.17. The highest BCUT2D eigenvalue weighted by Crippen LogP contribution is 2.46. The van der Waals surface area contributed by atoms with Crippen LogP contribution in [-0.2, 0) is 4.79 Å². The van der Waals surface area contributed by atoms with Crippen LogP contribution in [0.25, 0.3) is 0 Å². The molecule has 0 atom stereocenters. The Bertz CT molecular complexity index is 141. The first-order valence-electron chi connectivity index (χ1n) is 2.66. The fourth-order valence-electron chi connectivity index (χ4n) is 0.654. The Morgan fingerprint density at radius 3 is 2.50 bits per heavy atom. The van der Waals surface area contributed by atoms with Gasteiger partial charge >= 0.3 is 0 Å². The molecule has 0 heterocycles. The molecule has 1 aliphatic rings. The maximum Gasteiger partial charge on any atom is 0.127 e. The molecule has 0 aromatic rings. The van der Waals surface area contributed by atoms with Crippen molar-refractivity contribution in [3.8, 4) is 6.07 Å². The SMILES string of the molecule is N#CCC1(C=O)CC1. The third kappa shape index (κ3) is 0.717. The lowest BCUT2D eigenvalue weighted by molar-refractivity contribution is -0.112. The Balaban J connectivity index is 2.44. The number of hydrogen-bond donors (Lipinski definition) is 0. The van der Waals surface area contributed by atoms with E-state index < -0.39 is 0 Å². The lowest BCUT2D eigenvalue weighted by Gasteiger charge is -1.93. The van der Waals surface area contributed by atoms with E-state index in [-0.39, 0.29) is 5.41 Å². The summed E-state index contributed by atoms with van der Waals surface area (Å²) >= 11 is 0. The van der Waals surface area contributed by atoms with Gasteiger partial charge in [0.1, 0.15) is 6.29 Å². The van der Waals surface area contributed by atoms with Gasteiger partial charge in [-0.15, -0.1) is 0 Å². The van der Waals surface area contributed by atoms with Crippen LogP contribution in [0.5, 0.6) is 0 Å².